The minimum absolute atomic E-state index is 0.109. The van der Waals surface area contributed by atoms with E-state index in [2.05, 4.69) is 26.6 Å². The molecule has 0 aromatic heterocycles. The molecule has 0 spiro atoms. The van der Waals surface area contributed by atoms with Gasteiger partial charge in [-0.25, -0.2) is 0 Å². The van der Waals surface area contributed by atoms with Gasteiger partial charge < -0.3 is 44.2 Å². The molecule has 3 amide bonds. The van der Waals surface area contributed by atoms with Crippen LogP contribution in [0.1, 0.15) is 36.8 Å². The predicted octanol–water partition coefficient (Wildman–Crippen LogP) is 2.05. The van der Waals surface area contributed by atoms with Crippen LogP contribution in [0.3, 0.4) is 0 Å². The highest BCUT2D eigenvalue weighted by atomic mass is 16.2. The lowest BCUT2D eigenvalue weighted by molar-refractivity contribution is -0.132. The van der Waals surface area contributed by atoms with E-state index in [-0.39, 0.29) is 31.1 Å². The zero-order valence-corrected chi connectivity index (χ0v) is 30.6. The first kappa shape index (κ1) is 41.2. The average Bonchev–Trinajstić information content (AvgIpc) is 3.18. The molecule has 0 fully saturated rings. The van der Waals surface area contributed by atoms with E-state index in [9.17, 15) is 14.4 Å². The molecule has 0 saturated heterocycles. The third-order valence-corrected chi connectivity index (χ3v) is 8.89. The second kappa shape index (κ2) is 21.8. The average molecular weight is 735 g/mol. The van der Waals surface area contributed by atoms with Crippen molar-refractivity contribution in [1.82, 2.24) is 26.6 Å². The quantitative estimate of drug-likeness (QED) is 0.0261. The maximum absolute atomic E-state index is 13.9. The fourth-order valence-corrected chi connectivity index (χ4v) is 5.92. The van der Waals surface area contributed by atoms with Crippen molar-refractivity contribution in [3.63, 3.8) is 0 Å². The van der Waals surface area contributed by atoms with Gasteiger partial charge in [0.15, 0.2) is 5.96 Å². The lowest BCUT2D eigenvalue weighted by atomic mass is 9.99. The van der Waals surface area contributed by atoms with E-state index in [1.54, 1.807) is 0 Å². The Morgan fingerprint density at radius 3 is 1.54 bits per heavy atom. The zero-order chi connectivity index (χ0) is 38.7. The van der Waals surface area contributed by atoms with Gasteiger partial charge in [-0.3, -0.25) is 25.1 Å². The molecule has 4 aromatic rings. The summed E-state index contributed by atoms with van der Waals surface area (Å²) in [7, 11) is 0. The molecule has 286 valence electrons. The van der Waals surface area contributed by atoms with Crippen molar-refractivity contribution in [2.24, 2.45) is 22.9 Å². The van der Waals surface area contributed by atoms with E-state index in [1.807, 2.05) is 109 Å². The zero-order valence-electron chi connectivity index (χ0n) is 30.6. The van der Waals surface area contributed by atoms with Crippen LogP contribution in [-0.2, 0) is 27.2 Å². The van der Waals surface area contributed by atoms with Crippen LogP contribution in [0, 0.1) is 5.41 Å². The molecule has 0 bridgehead atoms. The molecule has 0 unspecified atom stereocenters. The number of hydrogen-bond donors (Lipinski definition) is 10. The molecule has 13 heteroatoms. The number of hydrogen-bond acceptors (Lipinski definition) is 8. The monoisotopic (exact) mass is 734 g/mol. The minimum Gasteiger partial charge on any atom is -0.370 e. The molecule has 0 aliphatic carbocycles. The summed E-state index contributed by atoms with van der Waals surface area (Å²) >= 11 is 0. The van der Waals surface area contributed by atoms with Crippen LogP contribution in [0.5, 0.6) is 0 Å². The fourth-order valence-electron chi connectivity index (χ4n) is 5.92. The topological polar surface area (TPSA) is 239 Å². The number of benzene rings is 4. The van der Waals surface area contributed by atoms with Crippen molar-refractivity contribution in [2.75, 3.05) is 19.6 Å². The van der Waals surface area contributed by atoms with Gasteiger partial charge in [0.1, 0.15) is 18.4 Å². The second-order valence-corrected chi connectivity index (χ2v) is 13.2. The normalized spacial score (nSPS) is 12.7. The molecule has 0 aliphatic heterocycles. The number of amides is 3. The summed E-state index contributed by atoms with van der Waals surface area (Å²) in [5.74, 6) is -1.46. The Hall–Kier alpha value is -5.60. The van der Waals surface area contributed by atoms with Gasteiger partial charge >= 0.3 is 0 Å². The molecule has 4 aromatic carbocycles. The van der Waals surface area contributed by atoms with Gasteiger partial charge in [-0.15, -0.1) is 0 Å². The van der Waals surface area contributed by atoms with Gasteiger partial charge in [0.05, 0.1) is 6.04 Å². The molecule has 54 heavy (non-hydrogen) atoms. The maximum Gasteiger partial charge on any atom is 0.243 e. The lowest BCUT2D eigenvalue weighted by Gasteiger charge is -2.25. The van der Waals surface area contributed by atoms with Crippen LogP contribution in [0.4, 0.5) is 0 Å². The largest absolute Gasteiger partial charge is 0.370 e. The Morgan fingerprint density at radius 2 is 1.02 bits per heavy atom. The number of nitrogens with two attached hydrogens (primary N) is 4. The van der Waals surface area contributed by atoms with Crippen LogP contribution >= 0.6 is 0 Å². The number of carbonyl (C=O) groups is 3. The first-order valence-electron chi connectivity index (χ1n) is 18.3. The predicted molar refractivity (Wildman–Crippen MR) is 215 cm³/mol. The fraction of sp³-hybridized carbons (Fsp3) is 0.317. The second-order valence-electron chi connectivity index (χ2n) is 13.2. The van der Waals surface area contributed by atoms with Gasteiger partial charge in [-0.2, -0.15) is 0 Å². The standard InChI is InChI=1S/C41H54N10O3/c42-34(26-28-15-19-32(20-16-28)30-10-3-1-4-11-30)37(52)50-35(14-9-25-49-41(45)46)39(54)51-36(38(53)47-23-7-8-24-48-40(43)44)27-29-17-21-33(22-18-29)31-12-5-2-6-13-31/h1-6,10-13,15-22,34-36,41,49H,7-9,14,23-27,42,45-46H2,(H,47,53)(H,50,52)(H,51,54)(H4,43,44,48)/t34-,35+,36+/m1/s1. The summed E-state index contributed by atoms with van der Waals surface area (Å²) in [5.41, 5.74) is 29.0. The highest BCUT2D eigenvalue weighted by molar-refractivity contribution is 5.93. The maximum atomic E-state index is 13.9. The summed E-state index contributed by atoms with van der Waals surface area (Å²) in [4.78, 5) is 40.9. The highest BCUT2D eigenvalue weighted by Gasteiger charge is 2.28. The Balaban J connectivity index is 1.44. The Labute approximate surface area is 317 Å². The summed E-state index contributed by atoms with van der Waals surface area (Å²) in [6, 6.07) is 32.8. The van der Waals surface area contributed by atoms with Crippen molar-refractivity contribution >= 4 is 23.7 Å². The molecule has 0 saturated carbocycles. The molecular formula is C41H54N10O3. The van der Waals surface area contributed by atoms with Crippen LogP contribution in [0.2, 0.25) is 0 Å². The first-order valence-corrected chi connectivity index (χ1v) is 18.3. The summed E-state index contributed by atoms with van der Waals surface area (Å²) < 4.78 is 0. The van der Waals surface area contributed by atoms with Gasteiger partial charge in [-0.1, -0.05) is 109 Å². The summed E-state index contributed by atoms with van der Waals surface area (Å²) in [6.07, 6.45) is 1.80. The number of guanidine groups is 1. The molecule has 13 nitrogen and oxygen atoms in total. The Kier molecular flexibility index (Phi) is 16.6. The minimum atomic E-state index is -0.979. The molecular weight excluding hydrogens is 681 g/mol. The van der Waals surface area contributed by atoms with E-state index in [4.69, 9.17) is 28.3 Å². The van der Waals surface area contributed by atoms with E-state index in [0.29, 0.717) is 38.9 Å². The molecule has 0 heterocycles. The lowest BCUT2D eigenvalue weighted by Crippen LogP contribution is -2.56. The molecule has 0 radical (unpaired) electrons. The number of rotatable bonds is 21. The van der Waals surface area contributed by atoms with Crippen molar-refractivity contribution in [1.29, 1.82) is 5.41 Å². The van der Waals surface area contributed by atoms with E-state index in [1.165, 1.54) is 0 Å². The number of nitrogens with one attached hydrogen (secondary N) is 6. The summed E-state index contributed by atoms with van der Waals surface area (Å²) in [6.45, 7) is 1.28. The smallest absolute Gasteiger partial charge is 0.243 e. The third kappa shape index (κ3) is 14.1. The van der Waals surface area contributed by atoms with Crippen molar-refractivity contribution in [2.45, 2.75) is 62.9 Å². The number of carbonyl (C=O) groups excluding carboxylic acids is 3. The van der Waals surface area contributed by atoms with Gasteiger partial charge in [0, 0.05) is 19.5 Å². The highest BCUT2D eigenvalue weighted by Crippen LogP contribution is 2.21. The van der Waals surface area contributed by atoms with Crippen LogP contribution in [0.15, 0.2) is 109 Å². The van der Waals surface area contributed by atoms with E-state index < -0.39 is 36.2 Å². The van der Waals surface area contributed by atoms with Gasteiger partial charge in [0.25, 0.3) is 0 Å². The molecule has 14 N–H and O–H groups in total. The van der Waals surface area contributed by atoms with Gasteiger partial charge in [-0.05, 0) is 72.0 Å². The SMILES string of the molecule is N=C(N)NCCCCNC(=O)[C@H](Cc1ccc(-c2ccccc2)cc1)NC(=O)[C@H](CCCNC(N)N)NC(=O)[C@H](N)Cc1ccc(-c2ccccc2)cc1. The first-order chi connectivity index (χ1) is 26.1. The number of unbranched alkanes of at least 4 members (excludes halogenated alkanes) is 1. The Bertz CT molecular complexity index is 1750. The molecule has 0 aliphatic rings. The third-order valence-electron chi connectivity index (χ3n) is 8.89. The van der Waals surface area contributed by atoms with Gasteiger partial charge in [0.2, 0.25) is 17.7 Å². The van der Waals surface area contributed by atoms with Crippen LogP contribution < -0.4 is 49.5 Å². The Morgan fingerprint density at radius 1 is 0.537 bits per heavy atom. The van der Waals surface area contributed by atoms with Crippen LogP contribution in [-0.4, -0.2) is 67.7 Å². The van der Waals surface area contributed by atoms with Crippen molar-refractivity contribution in [3.05, 3.63) is 120 Å². The summed E-state index contributed by atoms with van der Waals surface area (Å²) in [5, 5.41) is 21.6. The molecule has 3 atom stereocenters. The van der Waals surface area contributed by atoms with E-state index >= 15 is 0 Å². The van der Waals surface area contributed by atoms with Crippen LogP contribution in [0.25, 0.3) is 22.3 Å². The van der Waals surface area contributed by atoms with E-state index in [0.717, 1.165) is 33.4 Å². The van der Waals surface area contributed by atoms with Crippen molar-refractivity contribution < 1.29 is 14.4 Å². The van der Waals surface area contributed by atoms with Crippen molar-refractivity contribution in [3.8, 4) is 22.3 Å². The molecule has 4 rings (SSSR count).